The molecular formula is C18H14ClFN2O. The summed E-state index contributed by atoms with van der Waals surface area (Å²) in [6, 6.07) is 11.8. The van der Waals surface area contributed by atoms with E-state index < -0.39 is 0 Å². The van der Waals surface area contributed by atoms with Crippen LogP contribution in [0, 0.1) is 12.7 Å². The number of rotatable bonds is 3. The van der Waals surface area contributed by atoms with Gasteiger partial charge in [-0.05, 0) is 48.4 Å². The average Bonchev–Trinajstić information content (AvgIpc) is 2.46. The zero-order chi connectivity index (χ0) is 16.6. The van der Waals surface area contributed by atoms with E-state index in [1.54, 1.807) is 6.07 Å². The molecule has 2 aromatic carbocycles. The third kappa shape index (κ3) is 3.17. The molecule has 0 aliphatic heterocycles. The van der Waals surface area contributed by atoms with Gasteiger partial charge in [-0.25, -0.2) is 9.37 Å². The molecule has 3 nitrogen and oxygen atoms in total. The highest BCUT2D eigenvalue weighted by atomic mass is 35.5. The first-order valence-corrected chi connectivity index (χ1v) is 7.46. The number of amides is 1. The topological polar surface area (TPSA) is 56.0 Å². The van der Waals surface area contributed by atoms with Gasteiger partial charge in [0.15, 0.2) is 0 Å². The summed E-state index contributed by atoms with van der Waals surface area (Å²) in [5, 5.41) is 1.30. The van der Waals surface area contributed by atoms with E-state index in [1.807, 2.05) is 31.2 Å². The number of aryl methyl sites for hydroxylation is 1. The van der Waals surface area contributed by atoms with Crippen LogP contribution in [-0.2, 0) is 11.2 Å². The normalized spacial score (nSPS) is 10.9. The smallest absolute Gasteiger partial charge is 0.221 e. The number of primary amides is 1. The summed E-state index contributed by atoms with van der Waals surface area (Å²) in [7, 11) is 0. The Morgan fingerprint density at radius 1 is 1.22 bits per heavy atom. The number of halogens is 2. The number of hydrogen-bond donors (Lipinski definition) is 1. The number of aromatic nitrogens is 1. The molecule has 0 saturated heterocycles. The number of pyridine rings is 1. The van der Waals surface area contributed by atoms with Crippen LogP contribution in [0.3, 0.4) is 0 Å². The van der Waals surface area contributed by atoms with E-state index in [1.165, 1.54) is 12.1 Å². The van der Waals surface area contributed by atoms with E-state index in [9.17, 15) is 9.18 Å². The van der Waals surface area contributed by atoms with Crippen molar-refractivity contribution in [3.63, 3.8) is 0 Å². The minimum Gasteiger partial charge on any atom is -0.369 e. The maximum atomic E-state index is 13.2. The van der Waals surface area contributed by atoms with Crippen molar-refractivity contribution in [2.75, 3.05) is 0 Å². The molecule has 0 fully saturated rings. The number of carbonyl (C=O) groups is 1. The molecular weight excluding hydrogens is 315 g/mol. The van der Waals surface area contributed by atoms with Crippen molar-refractivity contribution in [1.82, 2.24) is 4.98 Å². The minimum atomic E-state index is -0.390. The van der Waals surface area contributed by atoms with Gasteiger partial charge < -0.3 is 5.73 Å². The maximum absolute atomic E-state index is 13.2. The van der Waals surface area contributed by atoms with E-state index in [0.717, 1.165) is 22.0 Å². The largest absolute Gasteiger partial charge is 0.369 e. The quantitative estimate of drug-likeness (QED) is 0.789. The number of nitrogens with zero attached hydrogens (tertiary/aromatic N) is 1. The second kappa shape index (κ2) is 5.97. The molecule has 0 saturated carbocycles. The van der Waals surface area contributed by atoms with E-state index in [-0.39, 0.29) is 18.1 Å². The molecule has 2 N–H and O–H groups in total. The molecule has 5 heteroatoms. The lowest BCUT2D eigenvalue weighted by atomic mass is 10.0. The van der Waals surface area contributed by atoms with Gasteiger partial charge in [0.1, 0.15) is 5.82 Å². The Labute approximate surface area is 137 Å². The summed E-state index contributed by atoms with van der Waals surface area (Å²) in [5.41, 5.74) is 9.15. The van der Waals surface area contributed by atoms with Crippen LogP contribution in [0.4, 0.5) is 4.39 Å². The lowest BCUT2D eigenvalue weighted by Gasteiger charge is -2.09. The highest BCUT2D eigenvalue weighted by molar-refractivity contribution is 6.33. The molecule has 0 aliphatic carbocycles. The van der Waals surface area contributed by atoms with Crippen molar-refractivity contribution >= 4 is 28.4 Å². The molecule has 0 bridgehead atoms. The molecule has 0 radical (unpaired) electrons. The van der Waals surface area contributed by atoms with Gasteiger partial charge in [0.25, 0.3) is 0 Å². The molecule has 0 aliphatic rings. The lowest BCUT2D eigenvalue weighted by Crippen LogP contribution is -2.13. The number of carbonyl (C=O) groups excluding carboxylic acids is 1. The Hall–Kier alpha value is -2.46. The number of benzene rings is 2. The van der Waals surface area contributed by atoms with Gasteiger partial charge in [-0.3, -0.25) is 4.79 Å². The van der Waals surface area contributed by atoms with Crippen molar-refractivity contribution in [3.8, 4) is 11.3 Å². The van der Waals surface area contributed by atoms with Crippen LogP contribution in [-0.4, -0.2) is 10.9 Å². The molecule has 116 valence electrons. The van der Waals surface area contributed by atoms with Gasteiger partial charge in [0, 0.05) is 10.9 Å². The van der Waals surface area contributed by atoms with Crippen molar-refractivity contribution in [2.45, 2.75) is 13.3 Å². The van der Waals surface area contributed by atoms with Crippen LogP contribution in [0.2, 0.25) is 5.02 Å². The van der Waals surface area contributed by atoms with Crippen molar-refractivity contribution < 1.29 is 9.18 Å². The lowest BCUT2D eigenvalue weighted by molar-refractivity contribution is -0.117. The second-order valence-corrected chi connectivity index (χ2v) is 5.85. The predicted octanol–water partition coefficient (Wildman–Crippen LogP) is 4.03. The van der Waals surface area contributed by atoms with Crippen LogP contribution in [0.25, 0.3) is 22.2 Å². The predicted molar refractivity (Wildman–Crippen MR) is 89.8 cm³/mol. The highest BCUT2D eigenvalue weighted by Gasteiger charge is 2.10. The monoisotopic (exact) mass is 328 g/mol. The van der Waals surface area contributed by atoms with E-state index >= 15 is 0 Å². The van der Waals surface area contributed by atoms with Gasteiger partial charge in [0.05, 0.1) is 22.7 Å². The summed E-state index contributed by atoms with van der Waals surface area (Å²) < 4.78 is 13.2. The molecule has 3 aromatic rings. The van der Waals surface area contributed by atoms with Gasteiger partial charge >= 0.3 is 0 Å². The number of fused-ring (bicyclic) bond motifs is 1. The van der Waals surface area contributed by atoms with Crippen LogP contribution in [0.15, 0.2) is 42.5 Å². The van der Waals surface area contributed by atoms with Crippen molar-refractivity contribution in [3.05, 3.63) is 64.4 Å². The van der Waals surface area contributed by atoms with E-state index in [4.69, 9.17) is 17.3 Å². The van der Waals surface area contributed by atoms with E-state index in [0.29, 0.717) is 16.3 Å². The molecule has 1 amide bonds. The summed E-state index contributed by atoms with van der Waals surface area (Å²) in [4.78, 5) is 15.7. The molecule has 1 aromatic heterocycles. The first-order chi connectivity index (χ1) is 10.9. The molecule has 1 heterocycles. The van der Waals surface area contributed by atoms with Crippen LogP contribution in [0.1, 0.15) is 11.1 Å². The third-order valence-electron chi connectivity index (χ3n) is 3.67. The fourth-order valence-electron chi connectivity index (χ4n) is 2.59. The van der Waals surface area contributed by atoms with Crippen LogP contribution >= 0.6 is 11.6 Å². The second-order valence-electron chi connectivity index (χ2n) is 5.44. The fraction of sp³-hybridized carbons (Fsp3) is 0.111. The number of nitrogens with two attached hydrogens (primary N) is 1. The Morgan fingerprint density at radius 3 is 2.70 bits per heavy atom. The Bertz CT molecular complexity index is 924. The van der Waals surface area contributed by atoms with Gasteiger partial charge in [0.2, 0.25) is 5.91 Å². The van der Waals surface area contributed by atoms with Crippen LogP contribution < -0.4 is 5.73 Å². The molecule has 23 heavy (non-hydrogen) atoms. The van der Waals surface area contributed by atoms with Crippen LogP contribution in [0.5, 0.6) is 0 Å². The molecule has 0 atom stereocenters. The van der Waals surface area contributed by atoms with Crippen molar-refractivity contribution in [2.24, 2.45) is 5.73 Å². The Balaban J connectivity index is 2.16. The Kier molecular flexibility index (Phi) is 4.01. The number of hydrogen-bond acceptors (Lipinski definition) is 2. The summed E-state index contributed by atoms with van der Waals surface area (Å²) in [5.74, 6) is -0.779. The average molecular weight is 329 g/mol. The molecule has 0 spiro atoms. The zero-order valence-corrected chi connectivity index (χ0v) is 13.2. The first kappa shape index (κ1) is 15.4. The highest BCUT2D eigenvalue weighted by Crippen LogP contribution is 2.30. The maximum Gasteiger partial charge on any atom is 0.221 e. The van der Waals surface area contributed by atoms with Gasteiger partial charge in [-0.15, -0.1) is 0 Å². The van der Waals surface area contributed by atoms with Gasteiger partial charge in [-0.1, -0.05) is 23.7 Å². The Morgan fingerprint density at radius 2 is 2.00 bits per heavy atom. The molecule has 3 rings (SSSR count). The first-order valence-electron chi connectivity index (χ1n) is 7.08. The summed E-state index contributed by atoms with van der Waals surface area (Å²) >= 11 is 6.13. The SMILES string of the molecule is Cc1cc(-c2ccc(F)cc2Cl)nc2cc(CC(N)=O)ccc12. The minimum absolute atomic E-state index is 0.165. The molecule has 0 unspecified atom stereocenters. The van der Waals surface area contributed by atoms with Gasteiger partial charge in [-0.2, -0.15) is 0 Å². The zero-order valence-electron chi connectivity index (χ0n) is 12.4. The summed E-state index contributed by atoms with van der Waals surface area (Å²) in [6.45, 7) is 1.97. The third-order valence-corrected chi connectivity index (χ3v) is 3.98. The summed E-state index contributed by atoms with van der Waals surface area (Å²) in [6.07, 6.45) is 0.165. The standard InChI is InChI=1S/C18H14ClFN2O/c1-10-6-16(14-5-3-12(20)9-15(14)19)22-17-7-11(8-18(21)23)2-4-13(10)17/h2-7,9H,8H2,1H3,(H2,21,23). The fourth-order valence-corrected chi connectivity index (χ4v) is 2.86. The van der Waals surface area contributed by atoms with Crippen molar-refractivity contribution in [1.29, 1.82) is 0 Å². The van der Waals surface area contributed by atoms with E-state index in [2.05, 4.69) is 4.98 Å².